The summed E-state index contributed by atoms with van der Waals surface area (Å²) in [5.41, 5.74) is 6.11. The Bertz CT molecular complexity index is 1010. The maximum Gasteiger partial charge on any atom is 0.153 e. The van der Waals surface area contributed by atoms with E-state index in [1.165, 1.54) is 5.56 Å². The van der Waals surface area contributed by atoms with Crippen LogP contribution >= 0.6 is 0 Å². The molecule has 0 aliphatic carbocycles. The van der Waals surface area contributed by atoms with E-state index < -0.39 is 0 Å². The third-order valence-electron chi connectivity index (χ3n) is 4.25. The van der Waals surface area contributed by atoms with Gasteiger partial charge in [-0.1, -0.05) is 60.2 Å². The Morgan fingerprint density at radius 3 is 1.93 bits per heavy atom. The fourth-order valence-corrected chi connectivity index (χ4v) is 2.79. The van der Waals surface area contributed by atoms with Crippen LogP contribution in [0.3, 0.4) is 0 Å². The van der Waals surface area contributed by atoms with Crippen molar-refractivity contribution in [1.82, 2.24) is 10.2 Å². The molecule has 0 saturated carbocycles. The highest BCUT2D eigenvalue weighted by Gasteiger charge is 2.05. The number of hydrogen-bond donors (Lipinski definition) is 2. The van der Waals surface area contributed by atoms with Gasteiger partial charge in [0.2, 0.25) is 0 Å². The van der Waals surface area contributed by atoms with E-state index in [-0.39, 0.29) is 0 Å². The van der Waals surface area contributed by atoms with Crippen molar-refractivity contribution in [1.29, 1.82) is 0 Å². The van der Waals surface area contributed by atoms with Gasteiger partial charge in [0.05, 0.1) is 17.1 Å². The van der Waals surface area contributed by atoms with E-state index in [2.05, 4.69) is 52.0 Å². The molecule has 0 bridgehead atoms. The van der Waals surface area contributed by atoms with E-state index in [0.717, 1.165) is 28.3 Å². The van der Waals surface area contributed by atoms with Crippen LogP contribution in [-0.2, 0) is 0 Å². The highest BCUT2D eigenvalue weighted by Crippen LogP contribution is 2.28. The molecule has 1 heterocycles. The van der Waals surface area contributed by atoms with E-state index in [4.69, 9.17) is 0 Å². The minimum Gasteiger partial charge on any atom is -0.354 e. The topological polar surface area (TPSA) is 49.8 Å². The lowest BCUT2D eigenvalue weighted by Gasteiger charge is -2.13. The zero-order valence-electron chi connectivity index (χ0n) is 15.1. The van der Waals surface area contributed by atoms with Crippen LogP contribution in [0, 0.1) is 6.92 Å². The summed E-state index contributed by atoms with van der Waals surface area (Å²) in [4.78, 5) is 0. The SMILES string of the molecule is Cc1ccc(Nc2ccccc2Nc2ccc(-c3ccccc3)nn2)cc1. The Kier molecular flexibility index (Phi) is 4.79. The maximum absolute atomic E-state index is 4.34. The van der Waals surface area contributed by atoms with Gasteiger partial charge in [-0.2, -0.15) is 0 Å². The van der Waals surface area contributed by atoms with Gasteiger partial charge in [-0.05, 0) is 43.3 Å². The molecule has 0 aliphatic heterocycles. The number of rotatable bonds is 5. The smallest absolute Gasteiger partial charge is 0.153 e. The van der Waals surface area contributed by atoms with Gasteiger partial charge < -0.3 is 10.6 Å². The number of nitrogens with one attached hydrogen (secondary N) is 2. The minimum absolute atomic E-state index is 0.702. The fourth-order valence-electron chi connectivity index (χ4n) is 2.79. The first-order chi connectivity index (χ1) is 13.3. The van der Waals surface area contributed by atoms with Crippen LogP contribution in [0.1, 0.15) is 5.56 Å². The number of anilines is 4. The predicted molar refractivity (Wildman–Crippen MR) is 112 cm³/mol. The fraction of sp³-hybridized carbons (Fsp3) is 0.0435. The Morgan fingerprint density at radius 2 is 1.26 bits per heavy atom. The normalized spacial score (nSPS) is 10.4. The largest absolute Gasteiger partial charge is 0.354 e. The molecule has 0 amide bonds. The molecule has 0 fully saturated rings. The molecular weight excluding hydrogens is 332 g/mol. The summed E-state index contributed by atoms with van der Waals surface area (Å²) >= 11 is 0. The third-order valence-corrected chi connectivity index (χ3v) is 4.25. The molecule has 0 unspecified atom stereocenters. The molecule has 3 aromatic carbocycles. The van der Waals surface area contributed by atoms with Gasteiger partial charge in [-0.15, -0.1) is 10.2 Å². The van der Waals surface area contributed by atoms with Crippen molar-refractivity contribution in [3.05, 3.63) is 96.6 Å². The summed E-state index contributed by atoms with van der Waals surface area (Å²) in [5, 5.41) is 15.5. The van der Waals surface area contributed by atoms with Gasteiger partial charge in [-0.3, -0.25) is 0 Å². The second-order valence-electron chi connectivity index (χ2n) is 6.33. The first kappa shape index (κ1) is 16.8. The van der Waals surface area contributed by atoms with Crippen LogP contribution in [0.4, 0.5) is 22.9 Å². The molecule has 1 aromatic heterocycles. The van der Waals surface area contributed by atoms with Crippen LogP contribution < -0.4 is 10.6 Å². The summed E-state index contributed by atoms with van der Waals surface area (Å²) in [6.45, 7) is 2.08. The summed E-state index contributed by atoms with van der Waals surface area (Å²) < 4.78 is 0. The molecular formula is C23H20N4. The van der Waals surface area contributed by atoms with Crippen molar-refractivity contribution < 1.29 is 0 Å². The van der Waals surface area contributed by atoms with Gasteiger partial charge in [0.25, 0.3) is 0 Å². The van der Waals surface area contributed by atoms with Crippen LogP contribution in [-0.4, -0.2) is 10.2 Å². The van der Waals surface area contributed by atoms with Crippen LogP contribution in [0.5, 0.6) is 0 Å². The quantitative estimate of drug-likeness (QED) is 0.467. The van der Waals surface area contributed by atoms with Gasteiger partial charge >= 0.3 is 0 Å². The van der Waals surface area contributed by atoms with Crippen molar-refractivity contribution in [3.63, 3.8) is 0 Å². The zero-order valence-corrected chi connectivity index (χ0v) is 15.1. The molecule has 132 valence electrons. The number of hydrogen-bond acceptors (Lipinski definition) is 4. The average molecular weight is 352 g/mol. The van der Waals surface area contributed by atoms with Crippen molar-refractivity contribution in [2.24, 2.45) is 0 Å². The minimum atomic E-state index is 0.702. The monoisotopic (exact) mass is 352 g/mol. The lowest BCUT2D eigenvalue weighted by molar-refractivity contribution is 1.04. The molecule has 4 aromatic rings. The van der Waals surface area contributed by atoms with Crippen molar-refractivity contribution in [3.8, 4) is 11.3 Å². The lowest BCUT2D eigenvalue weighted by Crippen LogP contribution is -2.00. The molecule has 4 nitrogen and oxygen atoms in total. The standard InChI is InChI=1S/C23H20N4/c1-17-11-13-19(14-12-17)24-21-9-5-6-10-22(21)25-23-16-15-20(26-27-23)18-7-3-2-4-8-18/h2-16,24H,1H3,(H,25,27). The summed E-state index contributed by atoms with van der Waals surface area (Å²) in [6, 6.07) is 30.3. The predicted octanol–water partition coefficient (Wildman–Crippen LogP) is 5.94. The summed E-state index contributed by atoms with van der Waals surface area (Å²) in [6.07, 6.45) is 0. The molecule has 4 rings (SSSR count). The number of aryl methyl sites for hydroxylation is 1. The number of para-hydroxylation sites is 2. The molecule has 27 heavy (non-hydrogen) atoms. The van der Waals surface area contributed by atoms with E-state index in [0.29, 0.717) is 5.82 Å². The maximum atomic E-state index is 4.34. The van der Waals surface area contributed by atoms with E-state index in [1.54, 1.807) is 0 Å². The Hall–Kier alpha value is -3.66. The molecule has 0 aliphatic rings. The average Bonchev–Trinajstić information content (AvgIpc) is 2.72. The van der Waals surface area contributed by atoms with Gasteiger partial charge in [0, 0.05) is 11.3 Å². The van der Waals surface area contributed by atoms with E-state index in [1.807, 2.05) is 66.7 Å². The lowest BCUT2D eigenvalue weighted by atomic mass is 10.1. The molecule has 0 saturated heterocycles. The summed E-state index contributed by atoms with van der Waals surface area (Å²) in [5.74, 6) is 0.702. The Balaban J connectivity index is 1.53. The second-order valence-corrected chi connectivity index (χ2v) is 6.33. The molecule has 0 atom stereocenters. The Morgan fingerprint density at radius 1 is 0.593 bits per heavy atom. The van der Waals surface area contributed by atoms with Crippen LogP contribution in [0.2, 0.25) is 0 Å². The van der Waals surface area contributed by atoms with E-state index in [9.17, 15) is 0 Å². The summed E-state index contributed by atoms with van der Waals surface area (Å²) in [7, 11) is 0. The first-order valence-electron chi connectivity index (χ1n) is 8.87. The van der Waals surface area contributed by atoms with Crippen molar-refractivity contribution >= 4 is 22.9 Å². The number of benzene rings is 3. The van der Waals surface area contributed by atoms with Crippen molar-refractivity contribution in [2.75, 3.05) is 10.6 Å². The van der Waals surface area contributed by atoms with Crippen LogP contribution in [0.15, 0.2) is 91.0 Å². The van der Waals surface area contributed by atoms with Gasteiger partial charge in [-0.25, -0.2) is 0 Å². The molecule has 0 spiro atoms. The molecule has 2 N–H and O–H groups in total. The highest BCUT2D eigenvalue weighted by atomic mass is 15.2. The zero-order chi connectivity index (χ0) is 18.5. The van der Waals surface area contributed by atoms with E-state index >= 15 is 0 Å². The van der Waals surface area contributed by atoms with Crippen molar-refractivity contribution in [2.45, 2.75) is 6.92 Å². The van der Waals surface area contributed by atoms with Crippen LogP contribution in [0.25, 0.3) is 11.3 Å². The Labute approximate surface area is 158 Å². The second kappa shape index (κ2) is 7.70. The van der Waals surface area contributed by atoms with Gasteiger partial charge in [0.15, 0.2) is 5.82 Å². The third kappa shape index (κ3) is 4.12. The first-order valence-corrected chi connectivity index (χ1v) is 8.87. The highest BCUT2D eigenvalue weighted by molar-refractivity contribution is 5.77. The molecule has 4 heteroatoms. The number of nitrogens with zero attached hydrogens (tertiary/aromatic N) is 2. The number of aromatic nitrogens is 2. The van der Waals surface area contributed by atoms with Gasteiger partial charge in [0.1, 0.15) is 0 Å². The molecule has 0 radical (unpaired) electrons.